The van der Waals surface area contributed by atoms with Gasteiger partial charge in [0.05, 0.1) is 17.0 Å². The van der Waals surface area contributed by atoms with Crippen LogP contribution in [-0.2, 0) is 12.8 Å². The van der Waals surface area contributed by atoms with E-state index < -0.39 is 11.7 Å². The molecule has 0 saturated heterocycles. The minimum Gasteiger partial charge on any atom is -0.391 e. The Kier molecular flexibility index (Phi) is 3.74. The molecule has 0 aliphatic heterocycles. The number of benzene rings is 1. The van der Waals surface area contributed by atoms with Gasteiger partial charge in [-0.2, -0.15) is 13.2 Å². The third-order valence-electron chi connectivity index (χ3n) is 2.25. The monoisotopic (exact) mass is 337 g/mol. The highest BCUT2D eigenvalue weighted by Crippen LogP contribution is 2.34. The van der Waals surface area contributed by atoms with Crippen LogP contribution >= 0.6 is 27.3 Å². The predicted octanol–water partition coefficient (Wildman–Crippen LogP) is 4.08. The van der Waals surface area contributed by atoms with Crippen molar-refractivity contribution in [3.63, 3.8) is 0 Å². The predicted molar refractivity (Wildman–Crippen MR) is 66.2 cm³/mol. The van der Waals surface area contributed by atoms with E-state index in [1.54, 1.807) is 0 Å². The van der Waals surface area contributed by atoms with Crippen LogP contribution in [0.1, 0.15) is 10.4 Å². The molecule has 0 aliphatic rings. The number of nitrogens with zero attached hydrogens (tertiary/aromatic N) is 1. The molecule has 0 spiro atoms. The first kappa shape index (κ1) is 13.5. The molecule has 0 atom stereocenters. The first-order valence-corrected chi connectivity index (χ1v) is 6.46. The molecule has 1 heterocycles. The van der Waals surface area contributed by atoms with Crippen LogP contribution in [0.2, 0.25) is 0 Å². The van der Waals surface area contributed by atoms with Crippen molar-refractivity contribution in [3.8, 4) is 10.6 Å². The third-order valence-corrected chi connectivity index (χ3v) is 4.26. The number of hydrogen-bond acceptors (Lipinski definition) is 3. The lowest BCUT2D eigenvalue weighted by Crippen LogP contribution is -2.03. The Balaban J connectivity index is 2.34. The van der Waals surface area contributed by atoms with Crippen molar-refractivity contribution in [2.24, 2.45) is 0 Å². The van der Waals surface area contributed by atoms with Gasteiger partial charge in [-0.05, 0) is 28.1 Å². The lowest BCUT2D eigenvalue weighted by Gasteiger charge is -2.06. The normalized spacial score (nSPS) is 11.8. The molecule has 2 aromatic rings. The van der Waals surface area contributed by atoms with Gasteiger partial charge in [-0.15, -0.1) is 11.3 Å². The van der Waals surface area contributed by atoms with Gasteiger partial charge in [-0.3, -0.25) is 0 Å². The summed E-state index contributed by atoms with van der Waals surface area (Å²) in [5.74, 6) is 0. The SMILES string of the molecule is OCc1sc(-c2ccc(C(F)(F)F)cc2)nc1Br. The summed E-state index contributed by atoms with van der Waals surface area (Å²) in [4.78, 5) is 4.78. The molecular weight excluding hydrogens is 331 g/mol. The van der Waals surface area contributed by atoms with Crippen LogP contribution in [0.25, 0.3) is 10.6 Å². The summed E-state index contributed by atoms with van der Waals surface area (Å²) in [6.45, 7) is -0.154. The van der Waals surface area contributed by atoms with E-state index in [-0.39, 0.29) is 6.61 Å². The number of thiazole rings is 1. The highest BCUT2D eigenvalue weighted by atomic mass is 79.9. The van der Waals surface area contributed by atoms with Gasteiger partial charge in [-0.25, -0.2) is 4.98 Å². The maximum absolute atomic E-state index is 12.4. The van der Waals surface area contributed by atoms with Crippen LogP contribution < -0.4 is 0 Å². The molecule has 1 N–H and O–H groups in total. The zero-order valence-electron chi connectivity index (χ0n) is 8.83. The molecule has 0 saturated carbocycles. The Labute approximate surface area is 113 Å². The molecule has 18 heavy (non-hydrogen) atoms. The summed E-state index contributed by atoms with van der Waals surface area (Å²) in [6, 6.07) is 4.77. The Bertz CT molecular complexity index is 550. The van der Waals surface area contributed by atoms with Gasteiger partial charge in [0.15, 0.2) is 0 Å². The van der Waals surface area contributed by atoms with E-state index in [2.05, 4.69) is 20.9 Å². The molecule has 2 nitrogen and oxygen atoms in total. The first-order chi connectivity index (χ1) is 8.41. The molecule has 1 aromatic heterocycles. The molecule has 0 amide bonds. The molecule has 1 aromatic carbocycles. The van der Waals surface area contributed by atoms with Gasteiger partial charge >= 0.3 is 6.18 Å². The third kappa shape index (κ3) is 2.73. The van der Waals surface area contributed by atoms with Crippen LogP contribution in [0, 0.1) is 0 Å². The molecule has 0 unspecified atom stereocenters. The number of aromatic nitrogens is 1. The molecule has 96 valence electrons. The Hall–Kier alpha value is -0.920. The number of aliphatic hydroxyl groups excluding tert-OH is 1. The van der Waals surface area contributed by atoms with Crippen LogP contribution in [0.15, 0.2) is 28.9 Å². The average Bonchev–Trinajstić information content (AvgIpc) is 2.69. The molecule has 0 radical (unpaired) electrons. The fraction of sp³-hybridized carbons (Fsp3) is 0.182. The maximum Gasteiger partial charge on any atom is 0.416 e. The highest BCUT2D eigenvalue weighted by molar-refractivity contribution is 9.10. The molecule has 0 bridgehead atoms. The van der Waals surface area contributed by atoms with Crippen molar-refractivity contribution < 1.29 is 18.3 Å². The molecular formula is C11H7BrF3NOS. The summed E-state index contributed by atoms with van der Waals surface area (Å²) in [5, 5.41) is 9.59. The van der Waals surface area contributed by atoms with Gasteiger partial charge in [0.25, 0.3) is 0 Å². The fourth-order valence-corrected chi connectivity index (χ4v) is 2.84. The lowest BCUT2D eigenvalue weighted by atomic mass is 10.1. The van der Waals surface area contributed by atoms with Crippen LogP contribution in [-0.4, -0.2) is 10.1 Å². The van der Waals surface area contributed by atoms with Crippen molar-refractivity contribution in [3.05, 3.63) is 39.3 Å². The van der Waals surface area contributed by atoms with E-state index in [0.29, 0.717) is 20.1 Å². The quantitative estimate of drug-likeness (QED) is 0.895. The second-order valence-electron chi connectivity index (χ2n) is 3.47. The van der Waals surface area contributed by atoms with Crippen molar-refractivity contribution in [1.82, 2.24) is 4.98 Å². The Morgan fingerprint density at radius 3 is 2.28 bits per heavy atom. The second kappa shape index (κ2) is 4.99. The number of alkyl halides is 3. The highest BCUT2D eigenvalue weighted by Gasteiger charge is 2.30. The van der Waals surface area contributed by atoms with Crippen LogP contribution in [0.3, 0.4) is 0 Å². The molecule has 7 heteroatoms. The summed E-state index contributed by atoms with van der Waals surface area (Å²) in [5.41, 5.74) is -0.0994. The number of rotatable bonds is 2. The Morgan fingerprint density at radius 2 is 1.83 bits per heavy atom. The zero-order chi connectivity index (χ0) is 13.3. The molecule has 0 aliphatic carbocycles. The number of aliphatic hydroxyl groups is 1. The van der Waals surface area contributed by atoms with Gasteiger partial charge in [0, 0.05) is 5.56 Å². The smallest absolute Gasteiger partial charge is 0.391 e. The van der Waals surface area contributed by atoms with Crippen LogP contribution in [0.5, 0.6) is 0 Å². The second-order valence-corrected chi connectivity index (χ2v) is 5.30. The molecule has 2 rings (SSSR count). The van der Waals surface area contributed by atoms with Crippen molar-refractivity contribution in [2.75, 3.05) is 0 Å². The lowest BCUT2D eigenvalue weighted by molar-refractivity contribution is -0.137. The van der Waals surface area contributed by atoms with E-state index in [9.17, 15) is 13.2 Å². The van der Waals surface area contributed by atoms with Crippen molar-refractivity contribution >= 4 is 27.3 Å². The fourth-order valence-electron chi connectivity index (χ4n) is 1.36. The summed E-state index contributed by atoms with van der Waals surface area (Å²) >= 11 is 4.42. The standard InChI is InChI=1S/C11H7BrF3NOS/c12-9-8(5-17)18-10(16-9)6-1-3-7(4-2-6)11(13,14)15/h1-4,17H,5H2. The van der Waals surface area contributed by atoms with Gasteiger partial charge < -0.3 is 5.11 Å². The van der Waals surface area contributed by atoms with Crippen molar-refractivity contribution in [2.45, 2.75) is 12.8 Å². The first-order valence-electron chi connectivity index (χ1n) is 4.85. The summed E-state index contributed by atoms with van der Waals surface area (Å²) in [7, 11) is 0. The topological polar surface area (TPSA) is 33.1 Å². The van der Waals surface area contributed by atoms with Crippen molar-refractivity contribution in [1.29, 1.82) is 0 Å². The Morgan fingerprint density at radius 1 is 1.22 bits per heavy atom. The maximum atomic E-state index is 12.4. The van der Waals surface area contributed by atoms with E-state index in [4.69, 9.17) is 5.11 Å². The van der Waals surface area contributed by atoms with Crippen LogP contribution in [0.4, 0.5) is 13.2 Å². The van der Waals surface area contributed by atoms with E-state index >= 15 is 0 Å². The number of hydrogen-bond donors (Lipinski definition) is 1. The zero-order valence-corrected chi connectivity index (χ0v) is 11.2. The van der Waals surface area contributed by atoms with Gasteiger partial charge in [0.1, 0.15) is 9.61 Å². The van der Waals surface area contributed by atoms with E-state index in [0.717, 1.165) is 12.1 Å². The summed E-state index contributed by atoms with van der Waals surface area (Å²) in [6.07, 6.45) is -4.34. The van der Waals surface area contributed by atoms with Gasteiger partial charge in [0.2, 0.25) is 0 Å². The largest absolute Gasteiger partial charge is 0.416 e. The summed E-state index contributed by atoms with van der Waals surface area (Å²) < 4.78 is 37.7. The van der Waals surface area contributed by atoms with E-state index in [1.807, 2.05) is 0 Å². The minimum absolute atomic E-state index is 0.154. The van der Waals surface area contributed by atoms with Gasteiger partial charge in [-0.1, -0.05) is 12.1 Å². The van der Waals surface area contributed by atoms with E-state index in [1.165, 1.54) is 23.5 Å². The number of halogens is 4. The molecule has 0 fully saturated rings. The average molecular weight is 338 g/mol. The minimum atomic E-state index is -4.34.